The van der Waals surface area contributed by atoms with Gasteiger partial charge in [0, 0.05) is 23.0 Å². The molecular weight excluding hydrogens is 368 g/mol. The average Bonchev–Trinajstić information content (AvgIpc) is 2.89. The Kier molecular flexibility index (Phi) is 4.71. The number of alkyl halides is 1. The van der Waals surface area contributed by atoms with Gasteiger partial charge < -0.3 is 9.14 Å². The summed E-state index contributed by atoms with van der Waals surface area (Å²) in [5, 5.41) is 0. The summed E-state index contributed by atoms with van der Waals surface area (Å²) in [7, 11) is 1.64. The van der Waals surface area contributed by atoms with E-state index in [-0.39, 0.29) is 10.6 Å². The van der Waals surface area contributed by atoms with E-state index in [0.29, 0.717) is 12.0 Å². The largest absolute Gasteiger partial charge is 0.493 e. The SMILES string of the molecule is COc1c(CC(Br)C(=O)c2ccccc2)ccn2c(C)c(C)nc12. The molecule has 3 rings (SSSR count). The number of aryl methyl sites for hydroxylation is 2. The first kappa shape index (κ1) is 16.7. The summed E-state index contributed by atoms with van der Waals surface area (Å²) >= 11 is 3.53. The molecule has 0 saturated heterocycles. The van der Waals surface area contributed by atoms with Gasteiger partial charge in [0.05, 0.1) is 17.6 Å². The molecular formula is C19H19BrN2O2. The Bertz CT molecular complexity index is 887. The maximum absolute atomic E-state index is 12.6. The molecule has 0 saturated carbocycles. The number of methoxy groups -OCH3 is 1. The predicted octanol–water partition coefficient (Wildman–Crippen LogP) is 4.15. The second-order valence-electron chi connectivity index (χ2n) is 5.75. The zero-order valence-corrected chi connectivity index (χ0v) is 15.5. The number of ether oxygens (including phenoxy) is 1. The van der Waals surface area contributed by atoms with E-state index in [9.17, 15) is 4.79 Å². The Morgan fingerprint density at radius 1 is 1.25 bits per heavy atom. The van der Waals surface area contributed by atoms with E-state index >= 15 is 0 Å². The first-order chi connectivity index (χ1) is 11.5. The Labute approximate surface area is 149 Å². The van der Waals surface area contributed by atoms with Crippen LogP contribution in [0.15, 0.2) is 42.6 Å². The zero-order chi connectivity index (χ0) is 17.3. The van der Waals surface area contributed by atoms with Crippen molar-refractivity contribution in [1.82, 2.24) is 9.38 Å². The number of halogens is 1. The third-order valence-electron chi connectivity index (χ3n) is 4.25. The Balaban J connectivity index is 1.93. The minimum Gasteiger partial charge on any atom is -0.493 e. The molecule has 3 aromatic rings. The number of hydrogen-bond acceptors (Lipinski definition) is 3. The standard InChI is InChI=1S/C19H19BrN2O2/c1-12-13(2)22-10-9-15(18(24-3)19(22)21-12)11-16(20)17(23)14-7-5-4-6-8-14/h4-10,16H,11H2,1-3H3. The molecule has 2 heterocycles. The Hall–Kier alpha value is -2.14. The number of carbonyl (C=O) groups excluding carboxylic acids is 1. The van der Waals surface area contributed by atoms with Crippen LogP contribution in [-0.2, 0) is 6.42 Å². The van der Waals surface area contributed by atoms with E-state index in [2.05, 4.69) is 20.9 Å². The maximum Gasteiger partial charge on any atom is 0.180 e. The van der Waals surface area contributed by atoms with E-state index in [4.69, 9.17) is 4.74 Å². The molecule has 0 aliphatic rings. The van der Waals surface area contributed by atoms with Crippen LogP contribution in [-0.4, -0.2) is 27.1 Å². The molecule has 24 heavy (non-hydrogen) atoms. The van der Waals surface area contributed by atoms with Gasteiger partial charge in [0.15, 0.2) is 17.2 Å². The van der Waals surface area contributed by atoms with Gasteiger partial charge in [-0.3, -0.25) is 4.79 Å². The lowest BCUT2D eigenvalue weighted by Gasteiger charge is -2.13. The monoisotopic (exact) mass is 386 g/mol. The normalized spacial score (nSPS) is 12.3. The van der Waals surface area contributed by atoms with E-state index < -0.39 is 0 Å². The van der Waals surface area contributed by atoms with Gasteiger partial charge in [-0.05, 0) is 26.3 Å². The maximum atomic E-state index is 12.6. The summed E-state index contributed by atoms with van der Waals surface area (Å²) in [6, 6.07) is 11.3. The fourth-order valence-electron chi connectivity index (χ4n) is 2.81. The molecule has 0 amide bonds. The lowest BCUT2D eigenvalue weighted by atomic mass is 10.0. The number of rotatable bonds is 5. The van der Waals surface area contributed by atoms with Crippen molar-refractivity contribution in [3.05, 3.63) is 65.1 Å². The third-order valence-corrected chi connectivity index (χ3v) is 4.99. The number of nitrogens with zero attached hydrogens (tertiary/aromatic N) is 2. The molecule has 0 fully saturated rings. The molecule has 1 aromatic carbocycles. The second-order valence-corrected chi connectivity index (χ2v) is 6.86. The molecule has 2 aromatic heterocycles. The van der Waals surface area contributed by atoms with Crippen molar-refractivity contribution in [2.45, 2.75) is 25.1 Å². The van der Waals surface area contributed by atoms with Crippen molar-refractivity contribution in [2.75, 3.05) is 7.11 Å². The van der Waals surface area contributed by atoms with Crippen molar-refractivity contribution in [1.29, 1.82) is 0 Å². The van der Waals surface area contributed by atoms with E-state index in [1.165, 1.54) is 0 Å². The predicted molar refractivity (Wildman–Crippen MR) is 98.4 cm³/mol. The summed E-state index contributed by atoms with van der Waals surface area (Å²) in [4.78, 5) is 16.8. The highest BCUT2D eigenvalue weighted by Gasteiger charge is 2.21. The quantitative estimate of drug-likeness (QED) is 0.488. The fraction of sp³-hybridized carbons (Fsp3) is 0.263. The number of hydrogen-bond donors (Lipinski definition) is 0. The van der Waals surface area contributed by atoms with Gasteiger partial charge in [-0.2, -0.15) is 0 Å². The second kappa shape index (κ2) is 6.77. The van der Waals surface area contributed by atoms with Crippen LogP contribution in [0.4, 0.5) is 0 Å². The number of benzene rings is 1. The van der Waals surface area contributed by atoms with Crippen molar-refractivity contribution in [3.63, 3.8) is 0 Å². The fourth-order valence-corrected chi connectivity index (χ4v) is 3.42. The van der Waals surface area contributed by atoms with Crippen molar-refractivity contribution in [3.8, 4) is 5.75 Å². The third kappa shape index (κ3) is 2.96. The number of imidazole rings is 1. The molecule has 0 N–H and O–H groups in total. The molecule has 4 nitrogen and oxygen atoms in total. The molecule has 0 aliphatic carbocycles. The highest BCUT2D eigenvalue weighted by atomic mass is 79.9. The van der Waals surface area contributed by atoms with Gasteiger partial charge in [-0.25, -0.2) is 4.98 Å². The molecule has 5 heteroatoms. The summed E-state index contributed by atoms with van der Waals surface area (Å²) in [6.07, 6.45) is 2.52. The average molecular weight is 387 g/mol. The highest BCUT2D eigenvalue weighted by molar-refractivity contribution is 9.10. The minimum absolute atomic E-state index is 0.0632. The number of fused-ring (bicyclic) bond motifs is 1. The molecule has 1 unspecified atom stereocenters. The number of ketones is 1. The van der Waals surface area contributed by atoms with E-state index in [1.54, 1.807) is 7.11 Å². The number of Topliss-reactive ketones (excluding diaryl/α,β-unsaturated/α-hetero) is 1. The molecule has 1 atom stereocenters. The lowest BCUT2D eigenvalue weighted by Crippen LogP contribution is -2.17. The molecule has 124 valence electrons. The number of pyridine rings is 1. The molecule has 0 bridgehead atoms. The van der Waals surface area contributed by atoms with E-state index in [1.807, 2.05) is 60.8 Å². The number of carbonyl (C=O) groups is 1. The Morgan fingerprint density at radius 2 is 1.96 bits per heavy atom. The van der Waals surface area contributed by atoms with Crippen LogP contribution >= 0.6 is 15.9 Å². The smallest absolute Gasteiger partial charge is 0.180 e. The van der Waals surface area contributed by atoms with Crippen LogP contribution in [0.1, 0.15) is 27.3 Å². The molecule has 0 spiro atoms. The number of aromatic nitrogens is 2. The molecule has 0 aliphatic heterocycles. The summed E-state index contributed by atoms with van der Waals surface area (Å²) < 4.78 is 7.61. The lowest BCUT2D eigenvalue weighted by molar-refractivity contribution is 0.0991. The van der Waals surface area contributed by atoms with Crippen LogP contribution in [0, 0.1) is 13.8 Å². The summed E-state index contributed by atoms with van der Waals surface area (Å²) in [5.41, 5.74) is 4.51. The van der Waals surface area contributed by atoms with Crippen LogP contribution in [0.2, 0.25) is 0 Å². The molecule has 0 radical (unpaired) electrons. The first-order valence-electron chi connectivity index (χ1n) is 7.77. The van der Waals surface area contributed by atoms with Gasteiger partial charge in [-0.15, -0.1) is 0 Å². The summed E-state index contributed by atoms with van der Waals surface area (Å²) in [6.45, 7) is 4.01. The van der Waals surface area contributed by atoms with Crippen molar-refractivity contribution < 1.29 is 9.53 Å². The first-order valence-corrected chi connectivity index (χ1v) is 8.69. The van der Waals surface area contributed by atoms with Crippen molar-refractivity contribution >= 4 is 27.4 Å². The van der Waals surface area contributed by atoms with Crippen LogP contribution in [0.25, 0.3) is 5.65 Å². The Morgan fingerprint density at radius 3 is 2.62 bits per heavy atom. The highest BCUT2D eigenvalue weighted by Crippen LogP contribution is 2.29. The summed E-state index contributed by atoms with van der Waals surface area (Å²) in [5.74, 6) is 0.784. The van der Waals surface area contributed by atoms with Gasteiger partial charge in [-0.1, -0.05) is 46.3 Å². The zero-order valence-electron chi connectivity index (χ0n) is 13.9. The van der Waals surface area contributed by atoms with E-state index in [0.717, 1.165) is 28.3 Å². The minimum atomic E-state index is -0.312. The van der Waals surface area contributed by atoms with Gasteiger partial charge in [0.2, 0.25) is 0 Å². The topological polar surface area (TPSA) is 43.6 Å². The van der Waals surface area contributed by atoms with Gasteiger partial charge >= 0.3 is 0 Å². The van der Waals surface area contributed by atoms with Crippen LogP contribution < -0.4 is 4.74 Å². The van der Waals surface area contributed by atoms with Crippen molar-refractivity contribution in [2.24, 2.45) is 0 Å². The van der Waals surface area contributed by atoms with Gasteiger partial charge in [0.25, 0.3) is 0 Å². The van der Waals surface area contributed by atoms with Crippen LogP contribution in [0.3, 0.4) is 0 Å². The van der Waals surface area contributed by atoms with Gasteiger partial charge in [0.1, 0.15) is 0 Å². The van der Waals surface area contributed by atoms with Crippen LogP contribution in [0.5, 0.6) is 5.75 Å².